The third-order valence-electron chi connectivity index (χ3n) is 1.35. The van der Waals surface area contributed by atoms with Gasteiger partial charge in [-0.25, -0.2) is 13.4 Å². The minimum atomic E-state index is -3.24. The SMILES string of the molecule is CCOc1cn[c]c(S(C)(=O)=O)c1. The summed E-state index contributed by atoms with van der Waals surface area (Å²) in [5.41, 5.74) is 0. The van der Waals surface area contributed by atoms with Gasteiger partial charge in [0.25, 0.3) is 0 Å². The van der Waals surface area contributed by atoms with Crippen molar-refractivity contribution in [2.24, 2.45) is 0 Å². The first-order valence-corrected chi connectivity index (χ1v) is 5.63. The fourth-order valence-corrected chi connectivity index (χ4v) is 1.34. The zero-order chi connectivity index (χ0) is 9.90. The van der Waals surface area contributed by atoms with Gasteiger partial charge in [-0.3, -0.25) is 0 Å². The van der Waals surface area contributed by atoms with Gasteiger partial charge >= 0.3 is 0 Å². The fourth-order valence-electron chi connectivity index (χ4n) is 0.794. The highest BCUT2D eigenvalue weighted by atomic mass is 32.2. The van der Waals surface area contributed by atoms with Crippen molar-refractivity contribution in [1.82, 2.24) is 4.98 Å². The number of hydrogen-bond acceptors (Lipinski definition) is 4. The van der Waals surface area contributed by atoms with E-state index in [0.717, 1.165) is 6.26 Å². The quantitative estimate of drug-likeness (QED) is 0.720. The molecule has 0 spiro atoms. The topological polar surface area (TPSA) is 56.3 Å². The third-order valence-corrected chi connectivity index (χ3v) is 2.36. The minimum absolute atomic E-state index is 0.0541. The molecule has 13 heavy (non-hydrogen) atoms. The van der Waals surface area contributed by atoms with Gasteiger partial charge in [0.1, 0.15) is 11.9 Å². The zero-order valence-electron chi connectivity index (χ0n) is 7.44. The first kappa shape index (κ1) is 9.98. The number of pyridine rings is 1. The van der Waals surface area contributed by atoms with Crippen molar-refractivity contribution in [3.63, 3.8) is 0 Å². The van der Waals surface area contributed by atoms with Crippen molar-refractivity contribution in [3.05, 3.63) is 18.5 Å². The molecule has 0 N–H and O–H groups in total. The molecule has 0 bridgehead atoms. The Bertz CT molecular complexity index is 386. The monoisotopic (exact) mass is 200 g/mol. The van der Waals surface area contributed by atoms with E-state index in [-0.39, 0.29) is 4.90 Å². The van der Waals surface area contributed by atoms with Crippen LogP contribution in [0, 0.1) is 6.20 Å². The van der Waals surface area contributed by atoms with E-state index in [9.17, 15) is 8.42 Å². The highest BCUT2D eigenvalue weighted by Gasteiger charge is 2.08. The fraction of sp³-hybridized carbons (Fsp3) is 0.375. The standard InChI is InChI=1S/C8H10NO3S/c1-3-12-7-4-8(6-9-5-7)13(2,10)11/h4-5H,3H2,1-2H3. The molecule has 0 atom stereocenters. The van der Waals surface area contributed by atoms with E-state index in [2.05, 4.69) is 11.2 Å². The van der Waals surface area contributed by atoms with Gasteiger partial charge in [0.2, 0.25) is 0 Å². The second-order valence-electron chi connectivity index (χ2n) is 2.49. The average molecular weight is 200 g/mol. The van der Waals surface area contributed by atoms with Crippen molar-refractivity contribution in [2.75, 3.05) is 12.9 Å². The Morgan fingerprint density at radius 1 is 1.62 bits per heavy atom. The van der Waals surface area contributed by atoms with Crippen molar-refractivity contribution in [2.45, 2.75) is 11.8 Å². The van der Waals surface area contributed by atoms with Crippen LogP contribution in [-0.2, 0) is 9.84 Å². The van der Waals surface area contributed by atoms with Gasteiger partial charge < -0.3 is 4.74 Å². The molecule has 0 saturated carbocycles. The summed E-state index contributed by atoms with van der Waals surface area (Å²) in [6, 6.07) is 1.41. The highest BCUT2D eigenvalue weighted by Crippen LogP contribution is 2.14. The number of sulfone groups is 1. The van der Waals surface area contributed by atoms with Crippen LogP contribution in [0.15, 0.2) is 17.2 Å². The third kappa shape index (κ3) is 2.69. The van der Waals surface area contributed by atoms with E-state index in [1.807, 2.05) is 6.92 Å². The lowest BCUT2D eigenvalue weighted by molar-refractivity contribution is 0.337. The minimum Gasteiger partial charge on any atom is -0.492 e. The summed E-state index contributed by atoms with van der Waals surface area (Å²) in [4.78, 5) is 3.69. The predicted molar refractivity (Wildman–Crippen MR) is 47.4 cm³/mol. The predicted octanol–water partition coefficient (Wildman–Crippen LogP) is 0.684. The lowest BCUT2D eigenvalue weighted by Crippen LogP contribution is -2.00. The molecule has 0 aromatic carbocycles. The van der Waals surface area contributed by atoms with Crippen LogP contribution in [0.5, 0.6) is 5.75 Å². The smallest absolute Gasteiger partial charge is 0.177 e. The molecule has 1 radical (unpaired) electrons. The lowest BCUT2D eigenvalue weighted by Gasteiger charge is -2.02. The Morgan fingerprint density at radius 3 is 2.85 bits per heavy atom. The average Bonchev–Trinajstić information content (AvgIpc) is 2.04. The first-order chi connectivity index (χ1) is 6.04. The zero-order valence-corrected chi connectivity index (χ0v) is 8.26. The molecule has 0 unspecified atom stereocenters. The largest absolute Gasteiger partial charge is 0.492 e. The van der Waals surface area contributed by atoms with Gasteiger partial charge in [-0.1, -0.05) is 0 Å². The maximum Gasteiger partial charge on any atom is 0.177 e. The van der Waals surface area contributed by atoms with Gasteiger partial charge in [0, 0.05) is 12.3 Å². The van der Waals surface area contributed by atoms with Crippen LogP contribution in [0.25, 0.3) is 0 Å². The van der Waals surface area contributed by atoms with E-state index in [4.69, 9.17) is 4.74 Å². The summed E-state index contributed by atoms with van der Waals surface area (Å²) >= 11 is 0. The summed E-state index contributed by atoms with van der Waals surface area (Å²) in [6.07, 6.45) is 4.93. The van der Waals surface area contributed by atoms with Gasteiger partial charge in [-0.05, 0) is 6.92 Å². The number of ether oxygens (including phenoxy) is 1. The van der Waals surface area contributed by atoms with Crippen LogP contribution in [0.3, 0.4) is 0 Å². The summed E-state index contributed by atoms with van der Waals surface area (Å²) < 4.78 is 27.2. The second kappa shape index (κ2) is 3.74. The summed E-state index contributed by atoms with van der Waals surface area (Å²) in [5.74, 6) is 0.446. The number of nitrogens with zero attached hydrogens (tertiary/aromatic N) is 1. The van der Waals surface area contributed by atoms with Gasteiger partial charge in [0.05, 0.1) is 17.7 Å². The van der Waals surface area contributed by atoms with E-state index in [1.165, 1.54) is 12.3 Å². The van der Waals surface area contributed by atoms with Crippen LogP contribution in [0.2, 0.25) is 0 Å². The Labute approximate surface area is 77.5 Å². The molecule has 0 saturated heterocycles. The molecule has 1 rings (SSSR count). The molecule has 0 aliphatic rings. The molecular weight excluding hydrogens is 190 g/mol. The molecule has 0 fully saturated rings. The number of hydrogen-bond donors (Lipinski definition) is 0. The normalized spacial score (nSPS) is 11.2. The molecule has 1 heterocycles. The van der Waals surface area contributed by atoms with Crippen LogP contribution in [0.4, 0.5) is 0 Å². The van der Waals surface area contributed by atoms with Gasteiger partial charge in [-0.2, -0.15) is 0 Å². The maximum absolute atomic E-state index is 11.1. The van der Waals surface area contributed by atoms with Crippen molar-refractivity contribution in [1.29, 1.82) is 0 Å². The van der Waals surface area contributed by atoms with Crippen LogP contribution in [0.1, 0.15) is 6.92 Å². The first-order valence-electron chi connectivity index (χ1n) is 3.74. The second-order valence-corrected chi connectivity index (χ2v) is 4.47. The van der Waals surface area contributed by atoms with E-state index >= 15 is 0 Å². The lowest BCUT2D eigenvalue weighted by atomic mass is 10.5. The van der Waals surface area contributed by atoms with Gasteiger partial charge in [-0.15, -0.1) is 0 Å². The molecule has 0 amide bonds. The van der Waals surface area contributed by atoms with E-state index < -0.39 is 9.84 Å². The molecule has 1 aromatic rings. The highest BCUT2D eigenvalue weighted by molar-refractivity contribution is 7.90. The number of rotatable bonds is 3. The molecule has 0 aliphatic carbocycles. The van der Waals surface area contributed by atoms with Crippen LogP contribution < -0.4 is 4.74 Å². The molecule has 71 valence electrons. The van der Waals surface area contributed by atoms with Crippen molar-refractivity contribution < 1.29 is 13.2 Å². The molecule has 5 heteroatoms. The maximum atomic E-state index is 11.1. The van der Waals surface area contributed by atoms with Crippen LogP contribution >= 0.6 is 0 Å². The van der Waals surface area contributed by atoms with Crippen molar-refractivity contribution >= 4 is 9.84 Å². The van der Waals surface area contributed by atoms with Gasteiger partial charge in [0.15, 0.2) is 9.84 Å². The van der Waals surface area contributed by atoms with Crippen LogP contribution in [-0.4, -0.2) is 26.3 Å². The molecular formula is C8H10NO3S. The van der Waals surface area contributed by atoms with E-state index in [0.29, 0.717) is 12.4 Å². The summed E-state index contributed by atoms with van der Waals surface area (Å²) in [6.45, 7) is 2.30. The summed E-state index contributed by atoms with van der Waals surface area (Å²) in [5, 5.41) is 0. The summed E-state index contributed by atoms with van der Waals surface area (Å²) in [7, 11) is -3.24. The van der Waals surface area contributed by atoms with E-state index in [1.54, 1.807) is 0 Å². The molecule has 1 aromatic heterocycles. The Morgan fingerprint density at radius 2 is 2.31 bits per heavy atom. The Kier molecular flexibility index (Phi) is 2.87. The number of aromatic nitrogens is 1. The molecule has 0 aliphatic heterocycles. The Hall–Kier alpha value is -1.10. The van der Waals surface area contributed by atoms with Crippen molar-refractivity contribution in [3.8, 4) is 5.75 Å². The Balaban J connectivity index is 3.06. The molecule has 4 nitrogen and oxygen atoms in total.